The summed E-state index contributed by atoms with van der Waals surface area (Å²) in [6, 6.07) is 3.48. The molecule has 0 bridgehead atoms. The Bertz CT molecular complexity index is 466. The van der Waals surface area contributed by atoms with Gasteiger partial charge in [0.05, 0.1) is 3.79 Å². The number of thiophene rings is 1. The van der Waals surface area contributed by atoms with Crippen molar-refractivity contribution in [3.8, 4) is 0 Å². The molecule has 7 heteroatoms. The zero-order valence-electron chi connectivity index (χ0n) is 8.81. The summed E-state index contributed by atoms with van der Waals surface area (Å²) < 4.78 is 27.2. The monoisotopic (exact) mass is 324 g/mol. The van der Waals surface area contributed by atoms with Crippen molar-refractivity contribution in [3.63, 3.8) is 0 Å². The van der Waals surface area contributed by atoms with Crippen molar-refractivity contribution in [2.75, 3.05) is 20.1 Å². The first-order chi connectivity index (χ1) is 7.51. The SMILES string of the molecule is CN([C@H]1CCNC1)S(=O)(=O)c1ccc(Br)s1. The summed E-state index contributed by atoms with van der Waals surface area (Å²) in [7, 11) is -1.67. The van der Waals surface area contributed by atoms with E-state index in [1.807, 2.05) is 0 Å². The number of rotatable bonds is 3. The van der Waals surface area contributed by atoms with Crippen molar-refractivity contribution in [1.82, 2.24) is 9.62 Å². The molecule has 2 rings (SSSR count). The Balaban J connectivity index is 2.24. The summed E-state index contributed by atoms with van der Waals surface area (Å²) >= 11 is 4.53. The fourth-order valence-corrected chi connectivity index (χ4v) is 5.30. The fraction of sp³-hybridized carbons (Fsp3) is 0.556. The first-order valence-corrected chi connectivity index (χ1v) is 8.01. The van der Waals surface area contributed by atoms with Crippen molar-refractivity contribution in [2.24, 2.45) is 0 Å². The smallest absolute Gasteiger partial charge is 0.252 e. The Hall–Kier alpha value is 0.0500. The van der Waals surface area contributed by atoms with Crippen LogP contribution >= 0.6 is 27.3 Å². The van der Waals surface area contributed by atoms with E-state index in [1.54, 1.807) is 19.2 Å². The second-order valence-corrected chi connectivity index (χ2v) is 8.41. The van der Waals surface area contributed by atoms with Gasteiger partial charge in [-0.15, -0.1) is 11.3 Å². The number of halogens is 1. The number of hydrogen-bond acceptors (Lipinski definition) is 4. The minimum atomic E-state index is -3.32. The van der Waals surface area contributed by atoms with E-state index in [2.05, 4.69) is 21.2 Å². The average molecular weight is 325 g/mol. The Morgan fingerprint density at radius 2 is 2.31 bits per heavy atom. The summed E-state index contributed by atoms with van der Waals surface area (Å²) in [5.74, 6) is 0. The van der Waals surface area contributed by atoms with Crippen LogP contribution in [0.5, 0.6) is 0 Å². The predicted molar refractivity (Wildman–Crippen MR) is 68.2 cm³/mol. The molecule has 1 aromatic heterocycles. The molecule has 0 aromatic carbocycles. The Kier molecular flexibility index (Phi) is 3.70. The third-order valence-electron chi connectivity index (χ3n) is 2.73. The largest absolute Gasteiger partial charge is 0.315 e. The lowest BCUT2D eigenvalue weighted by Crippen LogP contribution is -2.37. The second kappa shape index (κ2) is 4.73. The lowest BCUT2D eigenvalue weighted by molar-refractivity contribution is 0.389. The summed E-state index contributed by atoms with van der Waals surface area (Å²) in [6.45, 7) is 1.63. The van der Waals surface area contributed by atoms with Gasteiger partial charge in [-0.1, -0.05) is 0 Å². The third kappa shape index (κ3) is 2.33. The van der Waals surface area contributed by atoms with Gasteiger partial charge >= 0.3 is 0 Å². The zero-order chi connectivity index (χ0) is 11.8. The zero-order valence-corrected chi connectivity index (χ0v) is 12.0. The van der Waals surface area contributed by atoms with E-state index < -0.39 is 10.0 Å². The summed E-state index contributed by atoms with van der Waals surface area (Å²) in [5.41, 5.74) is 0. The van der Waals surface area contributed by atoms with E-state index in [0.29, 0.717) is 4.21 Å². The van der Waals surface area contributed by atoms with Gasteiger partial charge in [0.1, 0.15) is 4.21 Å². The summed E-state index contributed by atoms with van der Waals surface area (Å²) in [5, 5.41) is 3.17. The first kappa shape index (κ1) is 12.5. The van der Waals surface area contributed by atoms with Gasteiger partial charge in [-0.3, -0.25) is 0 Å². The standard InChI is InChI=1S/C9H13BrN2O2S2/c1-12(7-4-5-11-6-7)16(13,14)9-3-2-8(10)15-9/h2-3,7,11H,4-6H2,1H3/t7-/m0/s1. The van der Waals surface area contributed by atoms with Crippen LogP contribution < -0.4 is 5.32 Å². The van der Waals surface area contributed by atoms with Crippen LogP contribution in [0.15, 0.2) is 20.1 Å². The minimum absolute atomic E-state index is 0.0749. The molecule has 16 heavy (non-hydrogen) atoms. The van der Waals surface area contributed by atoms with E-state index in [9.17, 15) is 8.42 Å². The Labute approximate surface area is 108 Å². The second-order valence-electron chi connectivity index (χ2n) is 3.73. The van der Waals surface area contributed by atoms with Gasteiger partial charge in [0.2, 0.25) is 0 Å². The van der Waals surface area contributed by atoms with Crippen molar-refractivity contribution in [3.05, 3.63) is 15.9 Å². The molecule has 1 aliphatic rings. The van der Waals surface area contributed by atoms with Crippen molar-refractivity contribution >= 4 is 37.3 Å². The summed E-state index contributed by atoms with van der Waals surface area (Å²) in [6.07, 6.45) is 0.877. The Morgan fingerprint density at radius 1 is 1.56 bits per heavy atom. The van der Waals surface area contributed by atoms with E-state index in [0.717, 1.165) is 23.3 Å². The highest BCUT2D eigenvalue weighted by Gasteiger charge is 2.30. The van der Waals surface area contributed by atoms with E-state index >= 15 is 0 Å². The molecule has 1 saturated heterocycles. The average Bonchev–Trinajstić information content (AvgIpc) is 2.86. The van der Waals surface area contributed by atoms with Gasteiger partial charge in [-0.2, -0.15) is 4.31 Å². The van der Waals surface area contributed by atoms with Crippen LogP contribution in [0.1, 0.15) is 6.42 Å². The molecule has 1 aliphatic heterocycles. The van der Waals surface area contributed by atoms with Crippen LogP contribution in [0.4, 0.5) is 0 Å². The highest BCUT2D eigenvalue weighted by Crippen LogP contribution is 2.29. The molecule has 1 atom stereocenters. The van der Waals surface area contributed by atoms with Crippen molar-refractivity contribution < 1.29 is 8.42 Å². The van der Waals surface area contributed by atoms with E-state index in [1.165, 1.54) is 15.6 Å². The topological polar surface area (TPSA) is 49.4 Å². The van der Waals surface area contributed by atoms with Gasteiger partial charge in [0.25, 0.3) is 10.0 Å². The van der Waals surface area contributed by atoms with Gasteiger partial charge in [0, 0.05) is 19.6 Å². The van der Waals surface area contributed by atoms with Crippen LogP contribution in [0.25, 0.3) is 0 Å². The molecule has 0 saturated carbocycles. The van der Waals surface area contributed by atoms with Crippen LogP contribution in [-0.4, -0.2) is 38.9 Å². The number of hydrogen-bond donors (Lipinski definition) is 1. The molecule has 1 aromatic rings. The lowest BCUT2D eigenvalue weighted by Gasteiger charge is -2.22. The lowest BCUT2D eigenvalue weighted by atomic mass is 10.3. The highest BCUT2D eigenvalue weighted by atomic mass is 79.9. The number of likely N-dealkylation sites (N-methyl/N-ethyl adjacent to an activating group) is 1. The molecule has 0 radical (unpaired) electrons. The van der Waals surface area contributed by atoms with Gasteiger partial charge < -0.3 is 5.32 Å². The maximum Gasteiger partial charge on any atom is 0.252 e. The maximum absolute atomic E-state index is 12.2. The number of nitrogens with zero attached hydrogens (tertiary/aromatic N) is 1. The predicted octanol–water partition coefficient (Wildman–Crippen LogP) is 1.49. The maximum atomic E-state index is 12.2. The third-order valence-corrected chi connectivity index (χ3v) is 6.73. The van der Waals surface area contributed by atoms with Crippen molar-refractivity contribution in [2.45, 2.75) is 16.7 Å². The van der Waals surface area contributed by atoms with Crippen LogP contribution in [-0.2, 0) is 10.0 Å². The quantitative estimate of drug-likeness (QED) is 0.916. The number of sulfonamides is 1. The molecule has 4 nitrogen and oxygen atoms in total. The van der Waals surface area contributed by atoms with Gasteiger partial charge in [-0.25, -0.2) is 8.42 Å². The molecule has 0 amide bonds. The molecule has 2 heterocycles. The molecule has 0 spiro atoms. The fourth-order valence-electron chi connectivity index (χ4n) is 1.72. The molecule has 0 aliphatic carbocycles. The highest BCUT2D eigenvalue weighted by molar-refractivity contribution is 9.11. The molecule has 1 N–H and O–H groups in total. The molecular weight excluding hydrogens is 312 g/mol. The van der Waals surface area contributed by atoms with Crippen LogP contribution in [0.2, 0.25) is 0 Å². The number of nitrogens with one attached hydrogen (secondary N) is 1. The molecule has 1 fully saturated rings. The molecule has 90 valence electrons. The minimum Gasteiger partial charge on any atom is -0.315 e. The summed E-state index contributed by atoms with van der Waals surface area (Å²) in [4.78, 5) is 0. The van der Waals surface area contributed by atoms with Crippen molar-refractivity contribution in [1.29, 1.82) is 0 Å². The van der Waals surface area contributed by atoms with Crippen LogP contribution in [0.3, 0.4) is 0 Å². The van der Waals surface area contributed by atoms with Gasteiger partial charge in [-0.05, 0) is 41.0 Å². The molecule has 0 unspecified atom stereocenters. The normalized spacial score (nSPS) is 21.8. The van der Waals surface area contributed by atoms with E-state index in [4.69, 9.17) is 0 Å². The Morgan fingerprint density at radius 3 is 2.81 bits per heavy atom. The molecular formula is C9H13BrN2O2S2. The van der Waals surface area contributed by atoms with Crippen LogP contribution in [0, 0.1) is 0 Å². The van der Waals surface area contributed by atoms with Gasteiger partial charge in [0.15, 0.2) is 0 Å². The van der Waals surface area contributed by atoms with E-state index in [-0.39, 0.29) is 6.04 Å². The first-order valence-electron chi connectivity index (χ1n) is 4.96.